The Labute approximate surface area is 197 Å². The fourth-order valence-corrected chi connectivity index (χ4v) is 4.60. The van der Waals surface area contributed by atoms with Gasteiger partial charge in [-0.05, 0) is 81.5 Å². The number of hydrogen-bond acceptors (Lipinski definition) is 5. The van der Waals surface area contributed by atoms with Gasteiger partial charge in [-0.25, -0.2) is 4.98 Å². The summed E-state index contributed by atoms with van der Waals surface area (Å²) in [6.07, 6.45) is 8.60. The van der Waals surface area contributed by atoms with Gasteiger partial charge in [0.15, 0.2) is 0 Å². The summed E-state index contributed by atoms with van der Waals surface area (Å²) in [5, 5.41) is 3.01. The minimum Gasteiger partial charge on any atom is -0.491 e. The van der Waals surface area contributed by atoms with E-state index in [1.807, 2.05) is 0 Å². The van der Waals surface area contributed by atoms with Crippen LogP contribution in [0.2, 0.25) is 0 Å². The predicted octanol–water partition coefficient (Wildman–Crippen LogP) is 4.05. The number of pyridine rings is 1. The molecule has 176 valence electrons. The Kier molecular flexibility index (Phi) is 8.87. The lowest BCUT2D eigenvalue weighted by Crippen LogP contribution is -2.36. The number of terminal acetylenes is 1. The van der Waals surface area contributed by atoms with E-state index in [2.05, 4.69) is 54.0 Å². The lowest BCUT2D eigenvalue weighted by molar-refractivity contribution is 0.0942. The normalized spacial score (nSPS) is 16.9. The van der Waals surface area contributed by atoms with Gasteiger partial charge in [-0.3, -0.25) is 9.69 Å². The molecular formula is C27H35N3O3. The number of aromatic nitrogens is 1. The van der Waals surface area contributed by atoms with Crippen molar-refractivity contribution in [3.8, 4) is 18.1 Å². The average Bonchev–Trinajstić information content (AvgIpc) is 3.30. The quantitative estimate of drug-likeness (QED) is 0.438. The van der Waals surface area contributed by atoms with Crippen LogP contribution in [-0.2, 0) is 4.74 Å². The standard InChI is InChI=1S/C27H35N3O3/c1-6-22-9-7-11-25(29-22)27(31)28-15-14-23-10-8-16-30(23)21(4)24-12-13-26(20(3)19(24)2)33-18-17-32-5/h1,7,9,11-13,21,23H,8,10,14-18H2,2-5H3,(H,28,31). The van der Waals surface area contributed by atoms with E-state index in [0.29, 0.717) is 43.2 Å². The molecule has 1 fully saturated rings. The Balaban J connectivity index is 1.59. The molecule has 2 aromatic rings. The second-order valence-corrected chi connectivity index (χ2v) is 8.55. The summed E-state index contributed by atoms with van der Waals surface area (Å²) in [6.45, 7) is 9.37. The van der Waals surface area contributed by atoms with Crippen LogP contribution in [0.25, 0.3) is 0 Å². The average molecular weight is 450 g/mol. The van der Waals surface area contributed by atoms with E-state index in [0.717, 1.165) is 25.1 Å². The predicted molar refractivity (Wildman–Crippen MR) is 131 cm³/mol. The first-order valence-electron chi connectivity index (χ1n) is 11.7. The number of nitrogens with one attached hydrogen (secondary N) is 1. The zero-order valence-electron chi connectivity index (χ0n) is 20.2. The molecule has 1 aromatic carbocycles. The molecule has 1 amide bonds. The van der Waals surface area contributed by atoms with Crippen LogP contribution in [0.3, 0.4) is 0 Å². The molecule has 2 heterocycles. The molecule has 0 spiro atoms. The highest BCUT2D eigenvalue weighted by atomic mass is 16.5. The molecule has 0 aliphatic carbocycles. The van der Waals surface area contributed by atoms with E-state index >= 15 is 0 Å². The fraction of sp³-hybridized carbons (Fsp3) is 0.481. The van der Waals surface area contributed by atoms with Crippen molar-refractivity contribution in [1.82, 2.24) is 15.2 Å². The highest BCUT2D eigenvalue weighted by Gasteiger charge is 2.30. The molecule has 0 bridgehead atoms. The van der Waals surface area contributed by atoms with Crippen molar-refractivity contribution in [2.24, 2.45) is 0 Å². The molecule has 1 aliphatic rings. The van der Waals surface area contributed by atoms with Gasteiger partial charge in [-0.15, -0.1) is 6.42 Å². The Bertz CT molecular complexity index is 999. The summed E-state index contributed by atoms with van der Waals surface area (Å²) < 4.78 is 11.0. The molecule has 3 rings (SSSR count). The number of methoxy groups -OCH3 is 1. The van der Waals surface area contributed by atoms with Crippen molar-refractivity contribution in [2.45, 2.75) is 52.1 Å². The Hall–Kier alpha value is -2.88. The van der Waals surface area contributed by atoms with Gasteiger partial charge < -0.3 is 14.8 Å². The Morgan fingerprint density at radius 1 is 1.27 bits per heavy atom. The van der Waals surface area contributed by atoms with Crippen molar-refractivity contribution in [1.29, 1.82) is 0 Å². The van der Waals surface area contributed by atoms with Crippen molar-refractivity contribution >= 4 is 5.91 Å². The summed E-state index contributed by atoms with van der Waals surface area (Å²) in [5.74, 6) is 3.21. The first-order valence-corrected chi connectivity index (χ1v) is 11.7. The monoisotopic (exact) mass is 449 g/mol. The third-order valence-corrected chi connectivity index (χ3v) is 6.59. The number of nitrogens with zero attached hydrogens (tertiary/aromatic N) is 2. The second kappa shape index (κ2) is 11.8. The molecule has 0 radical (unpaired) electrons. The smallest absolute Gasteiger partial charge is 0.269 e. The van der Waals surface area contributed by atoms with E-state index < -0.39 is 0 Å². The summed E-state index contributed by atoms with van der Waals surface area (Å²) >= 11 is 0. The second-order valence-electron chi connectivity index (χ2n) is 8.55. The topological polar surface area (TPSA) is 63.7 Å². The van der Waals surface area contributed by atoms with Crippen LogP contribution in [0.5, 0.6) is 5.75 Å². The van der Waals surface area contributed by atoms with Gasteiger partial charge in [0.25, 0.3) is 5.91 Å². The minimum absolute atomic E-state index is 0.180. The molecule has 33 heavy (non-hydrogen) atoms. The Morgan fingerprint density at radius 3 is 2.85 bits per heavy atom. The van der Waals surface area contributed by atoms with Gasteiger partial charge >= 0.3 is 0 Å². The molecule has 2 unspecified atom stereocenters. The van der Waals surface area contributed by atoms with Crippen LogP contribution in [0.4, 0.5) is 0 Å². The zero-order chi connectivity index (χ0) is 23.8. The maximum absolute atomic E-state index is 12.5. The van der Waals surface area contributed by atoms with E-state index in [-0.39, 0.29) is 5.91 Å². The van der Waals surface area contributed by atoms with Gasteiger partial charge in [0.1, 0.15) is 23.7 Å². The van der Waals surface area contributed by atoms with E-state index in [9.17, 15) is 4.79 Å². The zero-order valence-corrected chi connectivity index (χ0v) is 20.2. The molecular weight excluding hydrogens is 414 g/mol. The van der Waals surface area contributed by atoms with Gasteiger partial charge in [-0.1, -0.05) is 18.1 Å². The molecule has 0 saturated carbocycles. The minimum atomic E-state index is -0.180. The number of hydrogen-bond donors (Lipinski definition) is 1. The number of carbonyl (C=O) groups excluding carboxylic acids is 1. The lowest BCUT2D eigenvalue weighted by Gasteiger charge is -2.32. The van der Waals surface area contributed by atoms with Gasteiger partial charge in [0.05, 0.1) is 6.61 Å². The van der Waals surface area contributed by atoms with Crippen LogP contribution in [0.1, 0.15) is 65.1 Å². The third kappa shape index (κ3) is 6.13. The number of carbonyl (C=O) groups is 1. The highest BCUT2D eigenvalue weighted by molar-refractivity contribution is 5.92. The number of rotatable bonds is 10. The van der Waals surface area contributed by atoms with Crippen LogP contribution in [0, 0.1) is 26.2 Å². The number of amides is 1. The number of ether oxygens (including phenoxy) is 2. The van der Waals surface area contributed by atoms with E-state index in [4.69, 9.17) is 15.9 Å². The Morgan fingerprint density at radius 2 is 2.09 bits per heavy atom. The molecule has 1 aliphatic heterocycles. The summed E-state index contributed by atoms with van der Waals surface area (Å²) in [4.78, 5) is 19.2. The van der Waals surface area contributed by atoms with Crippen molar-refractivity contribution < 1.29 is 14.3 Å². The fourth-order valence-electron chi connectivity index (χ4n) is 4.60. The van der Waals surface area contributed by atoms with Crippen LogP contribution in [-0.4, -0.2) is 55.2 Å². The highest BCUT2D eigenvalue weighted by Crippen LogP contribution is 2.35. The summed E-state index contributed by atoms with van der Waals surface area (Å²) in [7, 11) is 1.68. The SMILES string of the molecule is C#Cc1cccc(C(=O)NCCC2CCCN2C(C)c2ccc(OCCOC)c(C)c2C)n1. The van der Waals surface area contributed by atoms with Crippen LogP contribution < -0.4 is 10.1 Å². The molecule has 1 saturated heterocycles. The van der Waals surface area contributed by atoms with Gasteiger partial charge in [0, 0.05) is 25.7 Å². The molecule has 1 N–H and O–H groups in total. The van der Waals surface area contributed by atoms with Crippen molar-refractivity contribution in [2.75, 3.05) is 33.4 Å². The number of likely N-dealkylation sites (tertiary alicyclic amines) is 1. The lowest BCUT2D eigenvalue weighted by atomic mass is 9.96. The first kappa shape index (κ1) is 24.8. The maximum Gasteiger partial charge on any atom is 0.269 e. The number of benzene rings is 1. The van der Waals surface area contributed by atoms with Crippen molar-refractivity contribution in [3.05, 3.63) is 58.4 Å². The maximum atomic E-state index is 12.5. The summed E-state index contributed by atoms with van der Waals surface area (Å²) in [5.41, 5.74) is 4.62. The van der Waals surface area contributed by atoms with Gasteiger partial charge in [-0.2, -0.15) is 0 Å². The molecule has 6 nitrogen and oxygen atoms in total. The van der Waals surface area contributed by atoms with Crippen molar-refractivity contribution in [3.63, 3.8) is 0 Å². The molecule has 1 aromatic heterocycles. The van der Waals surface area contributed by atoms with E-state index in [1.54, 1.807) is 25.3 Å². The third-order valence-electron chi connectivity index (χ3n) is 6.59. The van der Waals surface area contributed by atoms with Crippen LogP contribution in [0.15, 0.2) is 30.3 Å². The summed E-state index contributed by atoms with van der Waals surface area (Å²) in [6, 6.07) is 10.2. The van der Waals surface area contributed by atoms with E-state index in [1.165, 1.54) is 23.1 Å². The molecule has 2 atom stereocenters. The largest absolute Gasteiger partial charge is 0.491 e. The van der Waals surface area contributed by atoms with Gasteiger partial charge in [0.2, 0.25) is 0 Å². The first-order chi connectivity index (χ1) is 16.0. The van der Waals surface area contributed by atoms with Crippen LogP contribution >= 0.6 is 0 Å². The molecule has 6 heteroatoms.